The van der Waals surface area contributed by atoms with Crippen molar-refractivity contribution in [1.82, 2.24) is 10.2 Å². The van der Waals surface area contributed by atoms with Crippen molar-refractivity contribution in [1.29, 1.82) is 0 Å². The second-order valence-electron chi connectivity index (χ2n) is 7.22. The average molecular weight is 382 g/mol. The number of amides is 2. The predicted octanol–water partition coefficient (Wildman–Crippen LogP) is 2.84. The molecule has 3 atom stereocenters. The number of nitrogens with zero attached hydrogens (tertiary/aromatic N) is 1. The quantitative estimate of drug-likeness (QED) is 0.795. The smallest absolute Gasteiger partial charge is 0.251 e. The predicted molar refractivity (Wildman–Crippen MR) is 107 cm³/mol. The molecule has 2 rings (SSSR count). The van der Waals surface area contributed by atoms with Crippen LogP contribution in [0.3, 0.4) is 0 Å². The first-order chi connectivity index (χ1) is 11.9. The summed E-state index contributed by atoms with van der Waals surface area (Å²) in [5.74, 6) is 0.405. The lowest BCUT2D eigenvalue weighted by Crippen LogP contribution is -2.54. The molecule has 1 aliphatic heterocycles. The molecule has 1 aliphatic rings. The summed E-state index contributed by atoms with van der Waals surface area (Å²) in [5, 5.41) is 2.96. The van der Waals surface area contributed by atoms with Crippen molar-refractivity contribution in [2.24, 2.45) is 17.6 Å². The highest BCUT2D eigenvalue weighted by molar-refractivity contribution is 5.97. The lowest BCUT2D eigenvalue weighted by Gasteiger charge is -2.37. The Morgan fingerprint density at radius 1 is 1.19 bits per heavy atom. The zero-order valence-corrected chi connectivity index (χ0v) is 16.8. The number of nitrogens with two attached hydrogens (primary N) is 1. The third-order valence-corrected chi connectivity index (χ3v) is 5.40. The normalized spacial score (nSPS) is 18.4. The largest absolute Gasteiger partial charge is 0.341 e. The molecule has 0 bridgehead atoms. The second-order valence-corrected chi connectivity index (χ2v) is 7.22. The van der Waals surface area contributed by atoms with Gasteiger partial charge in [-0.25, -0.2) is 0 Å². The topological polar surface area (TPSA) is 75.4 Å². The summed E-state index contributed by atoms with van der Waals surface area (Å²) in [4.78, 5) is 27.4. The van der Waals surface area contributed by atoms with E-state index < -0.39 is 6.04 Å². The summed E-state index contributed by atoms with van der Waals surface area (Å²) in [6.45, 7) is 7.53. The molecule has 0 spiro atoms. The van der Waals surface area contributed by atoms with Gasteiger partial charge in [0.05, 0.1) is 0 Å². The van der Waals surface area contributed by atoms with Crippen molar-refractivity contribution in [3.05, 3.63) is 35.9 Å². The van der Waals surface area contributed by atoms with Crippen LogP contribution < -0.4 is 11.1 Å². The molecular formula is C20H32ClN3O2. The van der Waals surface area contributed by atoms with Gasteiger partial charge >= 0.3 is 0 Å². The van der Waals surface area contributed by atoms with Crippen LogP contribution in [0.15, 0.2) is 30.3 Å². The van der Waals surface area contributed by atoms with Gasteiger partial charge in [0.15, 0.2) is 0 Å². The van der Waals surface area contributed by atoms with Gasteiger partial charge in [-0.1, -0.05) is 38.5 Å². The molecule has 6 heteroatoms. The van der Waals surface area contributed by atoms with Gasteiger partial charge in [0.25, 0.3) is 5.91 Å². The maximum Gasteiger partial charge on any atom is 0.251 e. The maximum absolute atomic E-state index is 13.0. The number of nitrogens with one attached hydrogen (secondary N) is 1. The van der Waals surface area contributed by atoms with Crippen LogP contribution in [0.4, 0.5) is 0 Å². The number of carbonyl (C=O) groups is 2. The molecule has 1 saturated heterocycles. The Morgan fingerprint density at radius 2 is 1.77 bits per heavy atom. The van der Waals surface area contributed by atoms with Gasteiger partial charge in [0.2, 0.25) is 5.91 Å². The SMILES string of the molecule is CCC(C)C(NC(=O)c1ccccc1)C(=O)N1CCC(C(C)N)CC1.Cl. The first-order valence-electron chi connectivity index (χ1n) is 9.34. The van der Waals surface area contributed by atoms with Gasteiger partial charge in [-0.3, -0.25) is 9.59 Å². The molecule has 0 saturated carbocycles. The standard InChI is InChI=1S/C20H31N3O2.ClH/c1-4-14(2)18(22-19(24)17-8-6-5-7-9-17)20(25)23-12-10-16(11-13-23)15(3)21;/h5-9,14-16,18H,4,10-13,21H2,1-3H3,(H,22,24);1H. The molecule has 2 amide bonds. The highest BCUT2D eigenvalue weighted by atomic mass is 35.5. The first-order valence-corrected chi connectivity index (χ1v) is 9.34. The van der Waals surface area contributed by atoms with Crippen molar-refractivity contribution < 1.29 is 9.59 Å². The Balaban J connectivity index is 0.00000338. The van der Waals surface area contributed by atoms with Gasteiger partial charge < -0.3 is 16.0 Å². The zero-order chi connectivity index (χ0) is 18.4. The highest BCUT2D eigenvalue weighted by Crippen LogP contribution is 2.21. The van der Waals surface area contributed by atoms with Crippen LogP contribution in [-0.2, 0) is 4.79 Å². The molecule has 5 nitrogen and oxygen atoms in total. The van der Waals surface area contributed by atoms with Crippen LogP contribution in [-0.4, -0.2) is 41.9 Å². The minimum absolute atomic E-state index is 0. The van der Waals surface area contributed by atoms with E-state index in [2.05, 4.69) is 5.32 Å². The number of carbonyl (C=O) groups excluding carboxylic acids is 2. The molecule has 1 aromatic carbocycles. The molecule has 3 unspecified atom stereocenters. The van der Waals surface area contributed by atoms with E-state index in [1.54, 1.807) is 12.1 Å². The van der Waals surface area contributed by atoms with Gasteiger partial charge in [0.1, 0.15) is 6.04 Å². The first kappa shape index (κ1) is 22.5. The summed E-state index contributed by atoms with van der Waals surface area (Å²) in [6.07, 6.45) is 2.70. The van der Waals surface area contributed by atoms with Gasteiger partial charge in [0, 0.05) is 24.7 Å². The average Bonchev–Trinajstić information content (AvgIpc) is 2.65. The third-order valence-electron chi connectivity index (χ3n) is 5.40. The molecule has 0 radical (unpaired) electrons. The van der Waals surface area contributed by atoms with Gasteiger partial charge in [-0.05, 0) is 43.7 Å². The van der Waals surface area contributed by atoms with E-state index >= 15 is 0 Å². The van der Waals surface area contributed by atoms with E-state index in [0.29, 0.717) is 11.5 Å². The number of hydrogen-bond donors (Lipinski definition) is 2. The molecular weight excluding hydrogens is 350 g/mol. The van der Waals surface area contributed by atoms with Crippen molar-refractivity contribution >= 4 is 24.2 Å². The fraction of sp³-hybridized carbons (Fsp3) is 0.600. The van der Waals surface area contributed by atoms with E-state index in [0.717, 1.165) is 32.4 Å². The molecule has 1 fully saturated rings. The summed E-state index contributed by atoms with van der Waals surface area (Å²) >= 11 is 0. The van der Waals surface area contributed by atoms with E-state index in [9.17, 15) is 9.59 Å². The molecule has 0 aliphatic carbocycles. The van der Waals surface area contributed by atoms with Crippen molar-refractivity contribution in [2.75, 3.05) is 13.1 Å². The monoisotopic (exact) mass is 381 g/mol. The van der Waals surface area contributed by atoms with Crippen LogP contribution in [0.25, 0.3) is 0 Å². The second kappa shape index (κ2) is 10.5. The van der Waals surface area contributed by atoms with Crippen LogP contribution >= 0.6 is 12.4 Å². The fourth-order valence-electron chi connectivity index (χ4n) is 3.34. The fourth-order valence-corrected chi connectivity index (χ4v) is 3.34. The molecule has 3 N–H and O–H groups in total. The van der Waals surface area contributed by atoms with Crippen LogP contribution in [0.5, 0.6) is 0 Å². The number of hydrogen-bond acceptors (Lipinski definition) is 3. The van der Waals surface area contributed by atoms with Gasteiger partial charge in [-0.2, -0.15) is 0 Å². The molecule has 26 heavy (non-hydrogen) atoms. The lowest BCUT2D eigenvalue weighted by molar-refractivity contribution is -0.136. The number of piperidine rings is 1. The lowest BCUT2D eigenvalue weighted by atomic mass is 9.89. The summed E-state index contributed by atoms with van der Waals surface area (Å²) in [6, 6.07) is 8.74. The van der Waals surface area contributed by atoms with E-state index in [1.165, 1.54) is 0 Å². The van der Waals surface area contributed by atoms with Crippen molar-refractivity contribution in [2.45, 2.75) is 52.1 Å². The molecule has 0 aromatic heterocycles. The Hall–Kier alpha value is -1.59. The third kappa shape index (κ3) is 5.71. The van der Waals surface area contributed by atoms with E-state index in [1.807, 2.05) is 43.9 Å². The van der Waals surface area contributed by atoms with E-state index in [-0.39, 0.29) is 36.2 Å². The number of halogens is 1. The summed E-state index contributed by atoms with van der Waals surface area (Å²) in [5.41, 5.74) is 6.57. The van der Waals surface area contributed by atoms with Gasteiger partial charge in [-0.15, -0.1) is 12.4 Å². The summed E-state index contributed by atoms with van der Waals surface area (Å²) in [7, 11) is 0. The van der Waals surface area contributed by atoms with E-state index in [4.69, 9.17) is 5.73 Å². The molecule has 146 valence electrons. The van der Waals surface area contributed by atoms with Crippen LogP contribution in [0.1, 0.15) is 50.4 Å². The van der Waals surface area contributed by atoms with Crippen molar-refractivity contribution in [3.8, 4) is 0 Å². The van der Waals surface area contributed by atoms with Crippen LogP contribution in [0, 0.1) is 11.8 Å². The minimum Gasteiger partial charge on any atom is -0.341 e. The van der Waals surface area contributed by atoms with Crippen LogP contribution in [0.2, 0.25) is 0 Å². The maximum atomic E-state index is 13.0. The number of likely N-dealkylation sites (tertiary alicyclic amines) is 1. The minimum atomic E-state index is -0.482. The van der Waals surface area contributed by atoms with Crippen molar-refractivity contribution in [3.63, 3.8) is 0 Å². The molecule has 1 heterocycles. The number of rotatable bonds is 6. The number of benzene rings is 1. The zero-order valence-electron chi connectivity index (χ0n) is 16.0. The molecule has 1 aromatic rings. The Bertz CT molecular complexity index is 572. The Kier molecular flexibility index (Phi) is 9.09. The highest BCUT2D eigenvalue weighted by Gasteiger charge is 2.32. The Labute approximate surface area is 163 Å². The Morgan fingerprint density at radius 3 is 2.27 bits per heavy atom. The summed E-state index contributed by atoms with van der Waals surface area (Å²) < 4.78 is 0.